The van der Waals surface area contributed by atoms with Gasteiger partial charge < -0.3 is 9.73 Å². The molecule has 0 bridgehead atoms. The van der Waals surface area contributed by atoms with Crippen molar-refractivity contribution < 1.29 is 4.42 Å². The Balaban J connectivity index is 2.23. The van der Waals surface area contributed by atoms with E-state index in [2.05, 4.69) is 17.3 Å². The summed E-state index contributed by atoms with van der Waals surface area (Å²) >= 11 is 0. The molecule has 3 nitrogen and oxygen atoms in total. The van der Waals surface area contributed by atoms with Gasteiger partial charge in [-0.25, -0.2) is 0 Å². The Labute approximate surface area is 86.1 Å². The van der Waals surface area contributed by atoms with Gasteiger partial charge in [0.1, 0.15) is 11.5 Å². The van der Waals surface area contributed by atoms with E-state index < -0.39 is 0 Å². The molecule has 80 valence electrons. The van der Waals surface area contributed by atoms with Gasteiger partial charge in [0.2, 0.25) is 0 Å². The average molecular weight is 196 g/mol. The van der Waals surface area contributed by atoms with Crippen LogP contribution < -0.4 is 5.32 Å². The van der Waals surface area contributed by atoms with Gasteiger partial charge in [-0.15, -0.1) is 0 Å². The molecule has 0 spiro atoms. The lowest BCUT2D eigenvalue weighted by Gasteiger charge is -2.14. The SMILES string of the molecule is CNCCCN(C)Cc1ccc(C)o1. The summed E-state index contributed by atoms with van der Waals surface area (Å²) in [7, 11) is 4.10. The van der Waals surface area contributed by atoms with Crippen LogP contribution in [0.5, 0.6) is 0 Å². The molecule has 3 heteroatoms. The maximum Gasteiger partial charge on any atom is 0.118 e. The Morgan fingerprint density at radius 1 is 1.43 bits per heavy atom. The van der Waals surface area contributed by atoms with Crippen molar-refractivity contribution in [2.75, 3.05) is 27.2 Å². The number of nitrogens with zero attached hydrogens (tertiary/aromatic N) is 1. The van der Waals surface area contributed by atoms with Crippen molar-refractivity contribution in [1.82, 2.24) is 10.2 Å². The van der Waals surface area contributed by atoms with Crippen LogP contribution in [0.2, 0.25) is 0 Å². The number of rotatable bonds is 6. The molecular formula is C11H20N2O. The highest BCUT2D eigenvalue weighted by atomic mass is 16.3. The Morgan fingerprint density at radius 2 is 2.21 bits per heavy atom. The lowest BCUT2D eigenvalue weighted by Crippen LogP contribution is -2.22. The van der Waals surface area contributed by atoms with Gasteiger partial charge in [0.15, 0.2) is 0 Å². The first-order chi connectivity index (χ1) is 6.72. The summed E-state index contributed by atoms with van der Waals surface area (Å²) in [4.78, 5) is 2.27. The van der Waals surface area contributed by atoms with Crippen molar-refractivity contribution in [3.8, 4) is 0 Å². The molecule has 0 saturated heterocycles. The summed E-state index contributed by atoms with van der Waals surface area (Å²) in [5.74, 6) is 2.04. The van der Waals surface area contributed by atoms with E-state index in [1.54, 1.807) is 0 Å². The molecule has 0 amide bonds. The van der Waals surface area contributed by atoms with Crippen LogP contribution in [-0.4, -0.2) is 32.1 Å². The van der Waals surface area contributed by atoms with Gasteiger partial charge in [0.25, 0.3) is 0 Å². The molecule has 1 aromatic rings. The van der Waals surface area contributed by atoms with Crippen molar-refractivity contribution in [2.45, 2.75) is 19.9 Å². The van der Waals surface area contributed by atoms with E-state index in [0.29, 0.717) is 0 Å². The molecule has 0 aliphatic carbocycles. The summed E-state index contributed by atoms with van der Waals surface area (Å²) in [6.45, 7) is 5.05. The highest BCUT2D eigenvalue weighted by molar-refractivity contribution is 5.05. The van der Waals surface area contributed by atoms with Crippen LogP contribution in [0.25, 0.3) is 0 Å². The summed E-state index contributed by atoms with van der Waals surface area (Å²) in [5, 5.41) is 3.14. The van der Waals surface area contributed by atoms with Crippen molar-refractivity contribution >= 4 is 0 Å². The predicted molar refractivity (Wildman–Crippen MR) is 58.3 cm³/mol. The smallest absolute Gasteiger partial charge is 0.118 e. The van der Waals surface area contributed by atoms with E-state index in [1.807, 2.05) is 26.1 Å². The maximum atomic E-state index is 5.50. The normalized spacial score (nSPS) is 11.1. The molecule has 0 atom stereocenters. The van der Waals surface area contributed by atoms with Crippen molar-refractivity contribution in [3.63, 3.8) is 0 Å². The van der Waals surface area contributed by atoms with Crippen LogP contribution in [0.3, 0.4) is 0 Å². The lowest BCUT2D eigenvalue weighted by molar-refractivity contribution is 0.288. The second-order valence-corrected chi connectivity index (χ2v) is 3.71. The third-order valence-electron chi connectivity index (χ3n) is 2.19. The molecular weight excluding hydrogens is 176 g/mol. The van der Waals surface area contributed by atoms with Gasteiger partial charge in [-0.3, -0.25) is 4.90 Å². The molecule has 0 saturated carbocycles. The van der Waals surface area contributed by atoms with Gasteiger partial charge in [0, 0.05) is 0 Å². The lowest BCUT2D eigenvalue weighted by atomic mass is 10.3. The maximum absolute atomic E-state index is 5.50. The van der Waals surface area contributed by atoms with Gasteiger partial charge in [-0.05, 0) is 52.7 Å². The molecule has 0 aliphatic heterocycles. The minimum atomic E-state index is 0.900. The fourth-order valence-corrected chi connectivity index (χ4v) is 1.44. The van der Waals surface area contributed by atoms with E-state index in [1.165, 1.54) is 6.42 Å². The number of furan rings is 1. The first-order valence-corrected chi connectivity index (χ1v) is 5.11. The highest BCUT2D eigenvalue weighted by Gasteiger charge is 2.02. The van der Waals surface area contributed by atoms with Gasteiger partial charge in [0.05, 0.1) is 6.54 Å². The highest BCUT2D eigenvalue weighted by Crippen LogP contribution is 2.08. The number of nitrogens with one attached hydrogen (secondary N) is 1. The van der Waals surface area contributed by atoms with Crippen LogP contribution in [0.15, 0.2) is 16.5 Å². The molecule has 0 radical (unpaired) electrons. The van der Waals surface area contributed by atoms with E-state index in [4.69, 9.17) is 4.42 Å². The number of hydrogen-bond acceptors (Lipinski definition) is 3. The topological polar surface area (TPSA) is 28.4 Å². The van der Waals surface area contributed by atoms with Gasteiger partial charge in [-0.2, -0.15) is 0 Å². The van der Waals surface area contributed by atoms with Crippen LogP contribution in [0.4, 0.5) is 0 Å². The first kappa shape index (κ1) is 11.3. The van der Waals surface area contributed by atoms with Crippen LogP contribution in [-0.2, 0) is 6.54 Å². The van der Waals surface area contributed by atoms with Crippen molar-refractivity contribution in [1.29, 1.82) is 0 Å². The zero-order valence-corrected chi connectivity index (χ0v) is 9.34. The molecule has 0 unspecified atom stereocenters. The number of aryl methyl sites for hydroxylation is 1. The average Bonchev–Trinajstić information content (AvgIpc) is 2.52. The third kappa shape index (κ3) is 3.94. The zero-order valence-electron chi connectivity index (χ0n) is 9.34. The predicted octanol–water partition coefficient (Wildman–Crippen LogP) is 1.63. The van der Waals surface area contributed by atoms with Crippen LogP contribution in [0, 0.1) is 6.92 Å². The summed E-state index contributed by atoms with van der Waals surface area (Å²) in [6.07, 6.45) is 1.17. The molecule has 1 aromatic heterocycles. The van der Waals surface area contributed by atoms with Gasteiger partial charge in [-0.1, -0.05) is 0 Å². The summed E-state index contributed by atoms with van der Waals surface area (Å²) in [6, 6.07) is 4.06. The van der Waals surface area contributed by atoms with E-state index in [0.717, 1.165) is 31.2 Å². The standard InChI is InChI=1S/C11H20N2O/c1-10-5-6-11(14-10)9-13(3)8-4-7-12-2/h5-6,12H,4,7-9H2,1-3H3. The van der Waals surface area contributed by atoms with Crippen molar-refractivity contribution in [2.24, 2.45) is 0 Å². The zero-order chi connectivity index (χ0) is 10.4. The second-order valence-electron chi connectivity index (χ2n) is 3.71. The Hall–Kier alpha value is -0.800. The second kappa shape index (κ2) is 5.83. The molecule has 0 fully saturated rings. The minimum Gasteiger partial charge on any atom is -0.465 e. The fourth-order valence-electron chi connectivity index (χ4n) is 1.44. The quantitative estimate of drug-likeness (QED) is 0.701. The molecule has 0 aromatic carbocycles. The summed E-state index contributed by atoms with van der Waals surface area (Å²) in [5.41, 5.74) is 0. The van der Waals surface area contributed by atoms with E-state index in [-0.39, 0.29) is 0 Å². The molecule has 14 heavy (non-hydrogen) atoms. The van der Waals surface area contributed by atoms with Crippen molar-refractivity contribution in [3.05, 3.63) is 23.7 Å². The Kier molecular flexibility index (Phi) is 4.70. The Bertz CT molecular complexity index is 258. The van der Waals surface area contributed by atoms with E-state index in [9.17, 15) is 0 Å². The molecule has 1 heterocycles. The first-order valence-electron chi connectivity index (χ1n) is 5.11. The molecule has 1 N–H and O–H groups in total. The summed E-state index contributed by atoms with van der Waals surface area (Å²) < 4.78 is 5.50. The van der Waals surface area contributed by atoms with Gasteiger partial charge >= 0.3 is 0 Å². The number of hydrogen-bond donors (Lipinski definition) is 1. The Morgan fingerprint density at radius 3 is 2.79 bits per heavy atom. The largest absolute Gasteiger partial charge is 0.465 e. The molecule has 1 rings (SSSR count). The molecule has 0 aliphatic rings. The van der Waals surface area contributed by atoms with Crippen LogP contribution in [0.1, 0.15) is 17.9 Å². The monoisotopic (exact) mass is 196 g/mol. The van der Waals surface area contributed by atoms with E-state index >= 15 is 0 Å². The van der Waals surface area contributed by atoms with Crippen LogP contribution >= 0.6 is 0 Å². The fraction of sp³-hybridized carbons (Fsp3) is 0.636. The minimum absolute atomic E-state index is 0.900. The third-order valence-corrected chi connectivity index (χ3v) is 2.19.